The average molecular weight is 335 g/mol. The molecule has 3 aliphatic carbocycles. The zero-order chi connectivity index (χ0) is 17.9. The van der Waals surface area contributed by atoms with Crippen molar-refractivity contribution in [1.82, 2.24) is 10.6 Å². The summed E-state index contributed by atoms with van der Waals surface area (Å²) in [5, 5.41) is 6.22. The molecule has 0 aromatic rings. The molecule has 0 aromatic carbocycles. The van der Waals surface area contributed by atoms with Gasteiger partial charge < -0.3 is 10.6 Å². The van der Waals surface area contributed by atoms with Crippen LogP contribution in [0.2, 0.25) is 0 Å². The van der Waals surface area contributed by atoms with Crippen LogP contribution >= 0.6 is 0 Å². The minimum atomic E-state index is -0.308. The Balaban J connectivity index is 1.37. The maximum absolute atomic E-state index is 12.6. The Morgan fingerprint density at radius 3 is 2.17 bits per heavy atom. The number of hydrogen-bond donors (Lipinski definition) is 2. The minimum Gasteiger partial charge on any atom is -0.356 e. The molecule has 2 amide bonds. The van der Waals surface area contributed by atoms with Crippen molar-refractivity contribution < 1.29 is 9.59 Å². The van der Waals surface area contributed by atoms with Crippen LogP contribution in [0.25, 0.3) is 0 Å². The molecule has 0 radical (unpaired) electrons. The highest BCUT2D eigenvalue weighted by molar-refractivity contribution is 5.88. The molecule has 3 rings (SSSR count). The van der Waals surface area contributed by atoms with Crippen molar-refractivity contribution >= 4 is 11.8 Å². The first-order chi connectivity index (χ1) is 11.0. The summed E-state index contributed by atoms with van der Waals surface area (Å²) in [6, 6.07) is 0.117. The predicted molar refractivity (Wildman–Crippen MR) is 95.2 cm³/mol. The molecule has 2 N–H and O–H groups in total. The molecule has 0 saturated heterocycles. The number of nitrogens with one attached hydrogen (secondary N) is 2. The predicted octanol–water partition coefficient (Wildman–Crippen LogP) is 3.12. The largest absolute Gasteiger partial charge is 0.356 e. The molecular formula is C20H34N2O2. The average Bonchev–Trinajstić information content (AvgIpc) is 3.37. The van der Waals surface area contributed by atoms with Crippen LogP contribution in [-0.4, -0.2) is 24.4 Å². The van der Waals surface area contributed by atoms with Gasteiger partial charge in [-0.25, -0.2) is 0 Å². The van der Waals surface area contributed by atoms with Gasteiger partial charge in [-0.2, -0.15) is 0 Å². The molecule has 3 aliphatic rings. The highest BCUT2D eigenvalue weighted by atomic mass is 16.2. The summed E-state index contributed by atoms with van der Waals surface area (Å²) in [7, 11) is 0. The third kappa shape index (κ3) is 2.57. The second kappa shape index (κ2) is 5.47. The first-order valence-electron chi connectivity index (χ1n) is 9.62. The Morgan fingerprint density at radius 2 is 1.67 bits per heavy atom. The van der Waals surface area contributed by atoms with E-state index in [1.165, 1.54) is 12.8 Å². The van der Waals surface area contributed by atoms with E-state index < -0.39 is 0 Å². The number of carbonyl (C=O) groups is 2. The van der Waals surface area contributed by atoms with E-state index in [0.29, 0.717) is 12.5 Å². The molecule has 136 valence electrons. The Kier molecular flexibility index (Phi) is 4.05. The molecule has 4 nitrogen and oxygen atoms in total. The molecule has 1 unspecified atom stereocenters. The van der Waals surface area contributed by atoms with Crippen molar-refractivity contribution in [2.24, 2.45) is 34.0 Å². The molecule has 4 heteroatoms. The zero-order valence-electron chi connectivity index (χ0n) is 16.2. The SMILES string of the molecule is CC(CCNC(=O)C1(C)C(C)(C)C1(C)C)NC(=O)[C@@H]1C[C@H]1C1CC1. The van der Waals surface area contributed by atoms with Crippen LogP contribution in [0.15, 0.2) is 0 Å². The second-order valence-corrected chi connectivity index (χ2v) is 9.67. The summed E-state index contributed by atoms with van der Waals surface area (Å²) in [6.45, 7) is 13.4. The lowest BCUT2D eigenvalue weighted by Crippen LogP contribution is -2.39. The number of carbonyl (C=O) groups excluding carboxylic acids is 2. The van der Waals surface area contributed by atoms with Crippen LogP contribution in [0.3, 0.4) is 0 Å². The molecular weight excluding hydrogens is 300 g/mol. The Bertz CT molecular complexity index is 534. The quantitative estimate of drug-likeness (QED) is 0.751. The monoisotopic (exact) mass is 334 g/mol. The fourth-order valence-corrected chi connectivity index (χ4v) is 4.72. The normalized spacial score (nSPS) is 32.6. The van der Waals surface area contributed by atoms with Gasteiger partial charge >= 0.3 is 0 Å². The third-order valence-electron chi connectivity index (χ3n) is 8.11. The van der Waals surface area contributed by atoms with E-state index in [-0.39, 0.29) is 40.0 Å². The van der Waals surface area contributed by atoms with Gasteiger partial charge in [-0.15, -0.1) is 0 Å². The smallest absolute Gasteiger partial charge is 0.227 e. The summed E-state index contributed by atoms with van der Waals surface area (Å²) < 4.78 is 0. The van der Waals surface area contributed by atoms with Crippen LogP contribution in [0.1, 0.15) is 67.2 Å². The van der Waals surface area contributed by atoms with Crippen LogP contribution in [-0.2, 0) is 9.59 Å². The first-order valence-corrected chi connectivity index (χ1v) is 9.62. The lowest BCUT2D eigenvalue weighted by molar-refractivity contribution is -0.127. The summed E-state index contributed by atoms with van der Waals surface area (Å²) >= 11 is 0. The molecule has 0 aliphatic heterocycles. The molecule has 3 atom stereocenters. The van der Waals surface area contributed by atoms with E-state index in [1.807, 2.05) is 6.92 Å². The highest BCUT2D eigenvalue weighted by Crippen LogP contribution is 2.77. The topological polar surface area (TPSA) is 58.2 Å². The van der Waals surface area contributed by atoms with E-state index in [9.17, 15) is 9.59 Å². The molecule has 0 bridgehead atoms. The van der Waals surface area contributed by atoms with Gasteiger partial charge in [-0.3, -0.25) is 9.59 Å². The third-order valence-corrected chi connectivity index (χ3v) is 8.11. The summed E-state index contributed by atoms with van der Waals surface area (Å²) in [6.07, 6.45) is 4.51. The van der Waals surface area contributed by atoms with Crippen molar-refractivity contribution in [2.45, 2.75) is 73.3 Å². The van der Waals surface area contributed by atoms with Gasteiger partial charge in [0.2, 0.25) is 11.8 Å². The van der Waals surface area contributed by atoms with E-state index in [2.05, 4.69) is 45.3 Å². The maximum Gasteiger partial charge on any atom is 0.227 e. The fourth-order valence-electron chi connectivity index (χ4n) is 4.72. The summed E-state index contributed by atoms with van der Waals surface area (Å²) in [4.78, 5) is 24.8. The fraction of sp³-hybridized carbons (Fsp3) is 0.900. The Morgan fingerprint density at radius 1 is 1.08 bits per heavy atom. The van der Waals surface area contributed by atoms with E-state index >= 15 is 0 Å². The Hall–Kier alpha value is -1.06. The zero-order valence-corrected chi connectivity index (χ0v) is 16.2. The number of rotatable bonds is 7. The minimum absolute atomic E-state index is 0.0215. The molecule has 0 spiro atoms. The summed E-state index contributed by atoms with van der Waals surface area (Å²) in [5.41, 5.74) is -0.264. The lowest BCUT2D eigenvalue weighted by Gasteiger charge is -2.18. The van der Waals surface area contributed by atoms with Gasteiger partial charge in [-0.1, -0.05) is 27.7 Å². The van der Waals surface area contributed by atoms with Crippen LogP contribution in [0.4, 0.5) is 0 Å². The van der Waals surface area contributed by atoms with Gasteiger partial charge in [0, 0.05) is 18.5 Å². The van der Waals surface area contributed by atoms with Crippen LogP contribution in [0.5, 0.6) is 0 Å². The van der Waals surface area contributed by atoms with Gasteiger partial charge in [0.15, 0.2) is 0 Å². The Labute approximate surface area is 146 Å². The van der Waals surface area contributed by atoms with Crippen molar-refractivity contribution in [3.63, 3.8) is 0 Å². The van der Waals surface area contributed by atoms with Crippen molar-refractivity contribution in [3.05, 3.63) is 0 Å². The number of amides is 2. The molecule has 24 heavy (non-hydrogen) atoms. The van der Waals surface area contributed by atoms with Crippen molar-refractivity contribution in [1.29, 1.82) is 0 Å². The van der Waals surface area contributed by atoms with Gasteiger partial charge in [-0.05, 0) is 62.2 Å². The van der Waals surface area contributed by atoms with E-state index in [0.717, 1.165) is 18.8 Å². The van der Waals surface area contributed by atoms with Crippen molar-refractivity contribution in [3.8, 4) is 0 Å². The van der Waals surface area contributed by atoms with Gasteiger partial charge in [0.25, 0.3) is 0 Å². The molecule has 0 aromatic heterocycles. The van der Waals surface area contributed by atoms with Crippen molar-refractivity contribution in [2.75, 3.05) is 6.54 Å². The van der Waals surface area contributed by atoms with Gasteiger partial charge in [0.05, 0.1) is 5.41 Å². The summed E-state index contributed by atoms with van der Waals surface area (Å²) in [5.74, 6) is 2.13. The van der Waals surface area contributed by atoms with Crippen LogP contribution in [0, 0.1) is 34.0 Å². The number of hydrogen-bond acceptors (Lipinski definition) is 2. The maximum atomic E-state index is 12.6. The molecule has 3 saturated carbocycles. The van der Waals surface area contributed by atoms with E-state index in [1.54, 1.807) is 0 Å². The highest BCUT2D eigenvalue weighted by Gasteiger charge is 2.77. The molecule has 3 fully saturated rings. The van der Waals surface area contributed by atoms with E-state index in [4.69, 9.17) is 0 Å². The second-order valence-electron chi connectivity index (χ2n) is 9.67. The lowest BCUT2D eigenvalue weighted by atomic mass is 9.96. The van der Waals surface area contributed by atoms with Gasteiger partial charge in [0.1, 0.15) is 0 Å². The first kappa shape index (κ1) is 17.8. The standard InChI is InChI=1S/C20H34N2O2/c1-12(22-16(23)15-11-14(15)13-7-8-13)9-10-21-17(24)20(6)18(2,3)19(20,4)5/h12-15H,7-11H2,1-6H3,(H,21,24)(H,22,23)/t12?,14-,15+/m0/s1. The van der Waals surface area contributed by atoms with Crippen LogP contribution < -0.4 is 10.6 Å². The molecule has 0 heterocycles.